The lowest BCUT2D eigenvalue weighted by Crippen LogP contribution is -2.57. The van der Waals surface area contributed by atoms with E-state index in [0.717, 1.165) is 11.3 Å². The van der Waals surface area contributed by atoms with Crippen LogP contribution in [0.1, 0.15) is 29.8 Å². The highest BCUT2D eigenvalue weighted by Gasteiger charge is 2.36. The second-order valence-corrected chi connectivity index (χ2v) is 6.43. The first-order valence-corrected chi connectivity index (χ1v) is 8.93. The van der Waals surface area contributed by atoms with Crippen molar-refractivity contribution in [1.82, 2.24) is 4.90 Å². The maximum Gasteiger partial charge on any atom is 0.254 e. The highest BCUT2D eigenvalue weighted by molar-refractivity contribution is 6.04. The van der Waals surface area contributed by atoms with Crippen LogP contribution in [-0.2, 0) is 4.79 Å². The Morgan fingerprint density at radius 1 is 1.12 bits per heavy atom. The number of nitrogens with zero attached hydrogens (tertiary/aromatic N) is 2. The third-order valence-electron chi connectivity index (χ3n) is 4.67. The van der Waals surface area contributed by atoms with Gasteiger partial charge in [0, 0.05) is 18.7 Å². The second kappa shape index (κ2) is 7.60. The van der Waals surface area contributed by atoms with E-state index < -0.39 is 6.04 Å². The second-order valence-electron chi connectivity index (χ2n) is 6.43. The Balaban J connectivity index is 1.81. The highest BCUT2D eigenvalue weighted by Crippen LogP contribution is 2.30. The van der Waals surface area contributed by atoms with E-state index in [1.807, 2.05) is 62.4 Å². The Bertz CT molecular complexity index is 801. The predicted molar refractivity (Wildman–Crippen MR) is 102 cm³/mol. The summed E-state index contributed by atoms with van der Waals surface area (Å²) < 4.78 is 5.65. The van der Waals surface area contributed by atoms with Crippen LogP contribution in [0, 0.1) is 6.92 Å². The van der Waals surface area contributed by atoms with Gasteiger partial charge in [0.2, 0.25) is 5.91 Å². The minimum Gasteiger partial charge on any atom is -0.492 e. The van der Waals surface area contributed by atoms with E-state index >= 15 is 0 Å². The fraction of sp³-hybridized carbons (Fsp3) is 0.333. The normalized spacial score (nSPS) is 17.3. The SMILES string of the molecule is CCOc1ccccc1N1CCN(C(=O)c2ccc(C)cc2)[C@H](C)C1=O. The zero-order chi connectivity index (χ0) is 18.7. The number of carbonyl (C=O) groups excluding carboxylic acids is 2. The quantitative estimate of drug-likeness (QED) is 0.848. The Morgan fingerprint density at radius 3 is 2.50 bits per heavy atom. The summed E-state index contributed by atoms with van der Waals surface area (Å²) in [7, 11) is 0. The molecule has 1 aliphatic heterocycles. The molecule has 1 saturated heterocycles. The van der Waals surface area contributed by atoms with E-state index in [0.29, 0.717) is 31.0 Å². The van der Waals surface area contributed by atoms with E-state index in [1.54, 1.807) is 16.7 Å². The summed E-state index contributed by atoms with van der Waals surface area (Å²) in [5.74, 6) is 0.487. The molecular weight excluding hydrogens is 328 g/mol. The Morgan fingerprint density at radius 2 is 1.81 bits per heavy atom. The Kier molecular flexibility index (Phi) is 5.26. The zero-order valence-electron chi connectivity index (χ0n) is 15.4. The van der Waals surface area contributed by atoms with Gasteiger partial charge < -0.3 is 14.5 Å². The maximum atomic E-state index is 13.0. The summed E-state index contributed by atoms with van der Waals surface area (Å²) in [6.45, 7) is 7.15. The first-order chi connectivity index (χ1) is 12.5. The number of hydrogen-bond donors (Lipinski definition) is 0. The molecule has 0 N–H and O–H groups in total. The van der Waals surface area contributed by atoms with Gasteiger partial charge in [-0.3, -0.25) is 9.59 Å². The van der Waals surface area contributed by atoms with E-state index in [1.165, 1.54) is 0 Å². The van der Waals surface area contributed by atoms with Gasteiger partial charge in [-0.25, -0.2) is 0 Å². The molecule has 1 heterocycles. The molecule has 26 heavy (non-hydrogen) atoms. The standard InChI is InChI=1S/C21H24N2O3/c1-4-26-19-8-6-5-7-18(19)23-14-13-22(16(3)20(23)24)21(25)17-11-9-15(2)10-12-17/h5-12,16H,4,13-14H2,1-3H3/t16-/m1/s1. The van der Waals surface area contributed by atoms with Crippen molar-refractivity contribution in [2.24, 2.45) is 0 Å². The molecule has 5 nitrogen and oxygen atoms in total. The van der Waals surface area contributed by atoms with Gasteiger partial charge in [0.25, 0.3) is 5.91 Å². The fourth-order valence-corrected chi connectivity index (χ4v) is 3.21. The molecule has 5 heteroatoms. The number of rotatable bonds is 4. The minimum absolute atomic E-state index is 0.0936. The van der Waals surface area contributed by atoms with Gasteiger partial charge in [-0.2, -0.15) is 0 Å². The van der Waals surface area contributed by atoms with Gasteiger partial charge in [-0.1, -0.05) is 29.8 Å². The first kappa shape index (κ1) is 18.0. The number of amides is 2. The summed E-state index contributed by atoms with van der Waals surface area (Å²) in [6.07, 6.45) is 0. The largest absolute Gasteiger partial charge is 0.492 e. The molecule has 0 unspecified atom stereocenters. The lowest BCUT2D eigenvalue weighted by atomic mass is 10.1. The molecule has 0 spiro atoms. The molecule has 2 aromatic rings. The number of hydrogen-bond acceptors (Lipinski definition) is 3. The summed E-state index contributed by atoms with van der Waals surface area (Å²) in [6, 6.07) is 14.4. The predicted octanol–water partition coefficient (Wildman–Crippen LogP) is 3.27. The number of para-hydroxylation sites is 2. The maximum absolute atomic E-state index is 13.0. The summed E-state index contributed by atoms with van der Waals surface area (Å²) >= 11 is 0. The van der Waals surface area contributed by atoms with Crippen LogP contribution in [0.4, 0.5) is 5.69 Å². The van der Waals surface area contributed by atoms with Gasteiger partial charge in [0.15, 0.2) is 0 Å². The monoisotopic (exact) mass is 352 g/mol. The van der Waals surface area contributed by atoms with Crippen LogP contribution in [0.25, 0.3) is 0 Å². The van der Waals surface area contributed by atoms with Crippen LogP contribution < -0.4 is 9.64 Å². The fourth-order valence-electron chi connectivity index (χ4n) is 3.21. The summed E-state index contributed by atoms with van der Waals surface area (Å²) in [5, 5.41) is 0. The Labute approximate surface area is 154 Å². The molecule has 0 aliphatic carbocycles. The van der Waals surface area contributed by atoms with Crippen LogP contribution in [0.5, 0.6) is 5.75 Å². The van der Waals surface area contributed by atoms with Crippen LogP contribution >= 0.6 is 0 Å². The van der Waals surface area contributed by atoms with E-state index in [4.69, 9.17) is 4.74 Å². The van der Waals surface area contributed by atoms with Crippen molar-refractivity contribution in [2.75, 3.05) is 24.6 Å². The molecule has 0 saturated carbocycles. The summed E-state index contributed by atoms with van der Waals surface area (Å²) in [4.78, 5) is 29.1. The number of ether oxygens (including phenoxy) is 1. The van der Waals surface area contributed by atoms with Crippen LogP contribution in [0.2, 0.25) is 0 Å². The molecule has 1 aliphatic rings. The number of benzene rings is 2. The highest BCUT2D eigenvalue weighted by atomic mass is 16.5. The van der Waals surface area contributed by atoms with Gasteiger partial charge >= 0.3 is 0 Å². The van der Waals surface area contributed by atoms with Crippen LogP contribution in [0.15, 0.2) is 48.5 Å². The molecule has 0 bridgehead atoms. The number of anilines is 1. The third kappa shape index (κ3) is 3.43. The Hall–Kier alpha value is -2.82. The molecule has 2 amide bonds. The number of piperazine rings is 1. The van der Waals surface area contributed by atoms with E-state index in [9.17, 15) is 9.59 Å². The number of aryl methyl sites for hydroxylation is 1. The van der Waals surface area contributed by atoms with Crippen LogP contribution in [0.3, 0.4) is 0 Å². The lowest BCUT2D eigenvalue weighted by molar-refractivity contribution is -0.124. The molecule has 1 fully saturated rings. The van der Waals surface area contributed by atoms with Crippen molar-refractivity contribution in [3.05, 3.63) is 59.7 Å². The molecule has 0 radical (unpaired) electrons. The van der Waals surface area contributed by atoms with Crippen molar-refractivity contribution in [3.63, 3.8) is 0 Å². The topological polar surface area (TPSA) is 49.9 Å². The minimum atomic E-state index is -0.521. The van der Waals surface area contributed by atoms with Crippen molar-refractivity contribution in [2.45, 2.75) is 26.8 Å². The van der Waals surface area contributed by atoms with Crippen molar-refractivity contribution in [3.8, 4) is 5.75 Å². The molecular formula is C21H24N2O3. The molecule has 3 rings (SSSR count). The average Bonchev–Trinajstić information content (AvgIpc) is 2.65. The lowest BCUT2D eigenvalue weighted by Gasteiger charge is -2.39. The van der Waals surface area contributed by atoms with Gasteiger partial charge in [-0.15, -0.1) is 0 Å². The zero-order valence-corrected chi connectivity index (χ0v) is 15.4. The summed E-state index contributed by atoms with van der Waals surface area (Å²) in [5.41, 5.74) is 2.47. The van der Waals surface area contributed by atoms with Gasteiger partial charge in [0.05, 0.1) is 12.3 Å². The molecule has 0 aromatic heterocycles. The van der Waals surface area contributed by atoms with Crippen molar-refractivity contribution >= 4 is 17.5 Å². The number of carbonyl (C=O) groups is 2. The van der Waals surface area contributed by atoms with Crippen molar-refractivity contribution in [1.29, 1.82) is 0 Å². The van der Waals surface area contributed by atoms with Gasteiger partial charge in [0.1, 0.15) is 11.8 Å². The molecule has 1 atom stereocenters. The van der Waals surface area contributed by atoms with Gasteiger partial charge in [-0.05, 0) is 45.0 Å². The first-order valence-electron chi connectivity index (χ1n) is 8.93. The third-order valence-corrected chi connectivity index (χ3v) is 4.67. The smallest absolute Gasteiger partial charge is 0.254 e. The van der Waals surface area contributed by atoms with Crippen molar-refractivity contribution < 1.29 is 14.3 Å². The average molecular weight is 352 g/mol. The van der Waals surface area contributed by atoms with E-state index in [-0.39, 0.29) is 11.8 Å². The molecule has 2 aromatic carbocycles. The molecule has 136 valence electrons. The van der Waals surface area contributed by atoms with Crippen LogP contribution in [-0.4, -0.2) is 42.5 Å². The van der Waals surface area contributed by atoms with E-state index in [2.05, 4.69) is 0 Å².